The highest BCUT2D eigenvalue weighted by Crippen LogP contribution is 2.16. The fourth-order valence-corrected chi connectivity index (χ4v) is 4.36. The summed E-state index contributed by atoms with van der Waals surface area (Å²) in [4.78, 5) is 27.8. The van der Waals surface area contributed by atoms with E-state index in [1.807, 2.05) is 43.3 Å². The zero-order chi connectivity index (χ0) is 22.3. The number of thioether (sulfide) groups is 1. The highest BCUT2D eigenvalue weighted by molar-refractivity contribution is 7.98. The fourth-order valence-electron chi connectivity index (χ4n) is 3.47. The van der Waals surface area contributed by atoms with Gasteiger partial charge in [0.15, 0.2) is 0 Å². The smallest absolute Gasteiger partial charge is 0.242 e. The Balaban J connectivity index is 1.96. The molecule has 2 aromatic carbocycles. The predicted octanol–water partition coefficient (Wildman–Crippen LogP) is 5.08. The second-order valence-corrected chi connectivity index (χ2v) is 8.78. The molecule has 0 saturated carbocycles. The number of nitrogens with one attached hydrogen (secondary N) is 1. The second kappa shape index (κ2) is 14.7. The van der Waals surface area contributed by atoms with Gasteiger partial charge in [0, 0.05) is 31.0 Å². The SMILES string of the molecule is CCCCNC(=O)[C@@H](CC)N(CCc1ccccc1)C(=O)CCSCc1ccccc1. The van der Waals surface area contributed by atoms with Crippen molar-refractivity contribution in [1.82, 2.24) is 10.2 Å². The molecule has 0 heterocycles. The van der Waals surface area contributed by atoms with Crippen LogP contribution in [0.3, 0.4) is 0 Å². The van der Waals surface area contributed by atoms with E-state index < -0.39 is 6.04 Å². The Morgan fingerprint density at radius 2 is 1.61 bits per heavy atom. The zero-order valence-electron chi connectivity index (χ0n) is 18.9. The quantitative estimate of drug-likeness (QED) is 0.417. The number of unbranched alkanes of at least 4 members (excludes halogenated alkanes) is 1. The van der Waals surface area contributed by atoms with Gasteiger partial charge in [0.2, 0.25) is 11.8 Å². The van der Waals surface area contributed by atoms with Crippen molar-refractivity contribution >= 4 is 23.6 Å². The molecule has 0 bridgehead atoms. The van der Waals surface area contributed by atoms with E-state index in [1.54, 1.807) is 16.7 Å². The molecule has 0 aromatic heterocycles. The van der Waals surface area contributed by atoms with Crippen molar-refractivity contribution in [1.29, 1.82) is 0 Å². The minimum atomic E-state index is -0.410. The lowest BCUT2D eigenvalue weighted by molar-refractivity contribution is -0.140. The van der Waals surface area contributed by atoms with Crippen molar-refractivity contribution < 1.29 is 9.59 Å². The Morgan fingerprint density at radius 3 is 2.23 bits per heavy atom. The van der Waals surface area contributed by atoms with Crippen LogP contribution in [0.15, 0.2) is 60.7 Å². The maximum absolute atomic E-state index is 13.1. The van der Waals surface area contributed by atoms with Gasteiger partial charge in [0.25, 0.3) is 0 Å². The largest absolute Gasteiger partial charge is 0.354 e. The minimum Gasteiger partial charge on any atom is -0.354 e. The molecule has 2 amide bonds. The van der Waals surface area contributed by atoms with Gasteiger partial charge >= 0.3 is 0 Å². The number of amides is 2. The third kappa shape index (κ3) is 9.18. The van der Waals surface area contributed by atoms with Crippen molar-refractivity contribution in [2.75, 3.05) is 18.8 Å². The lowest BCUT2D eigenvalue weighted by atomic mass is 10.1. The summed E-state index contributed by atoms with van der Waals surface area (Å²) >= 11 is 1.76. The van der Waals surface area contributed by atoms with Gasteiger partial charge in [0.05, 0.1) is 0 Å². The molecule has 0 radical (unpaired) electrons. The van der Waals surface area contributed by atoms with Gasteiger partial charge in [0.1, 0.15) is 6.04 Å². The Kier molecular flexibility index (Phi) is 11.8. The first-order valence-corrected chi connectivity index (χ1v) is 12.5. The summed E-state index contributed by atoms with van der Waals surface area (Å²) < 4.78 is 0. The molecule has 0 unspecified atom stereocenters. The molecule has 0 fully saturated rings. The van der Waals surface area contributed by atoms with Gasteiger partial charge in [-0.3, -0.25) is 9.59 Å². The Morgan fingerprint density at radius 1 is 0.968 bits per heavy atom. The summed E-state index contributed by atoms with van der Waals surface area (Å²) in [5, 5.41) is 3.02. The summed E-state index contributed by atoms with van der Waals surface area (Å²) in [5.74, 6) is 1.68. The molecule has 4 nitrogen and oxygen atoms in total. The van der Waals surface area contributed by atoms with Gasteiger partial charge in [-0.15, -0.1) is 0 Å². The van der Waals surface area contributed by atoms with Crippen LogP contribution in [0.25, 0.3) is 0 Å². The second-order valence-electron chi connectivity index (χ2n) is 7.68. The lowest BCUT2D eigenvalue weighted by Gasteiger charge is -2.30. The van der Waals surface area contributed by atoms with E-state index in [0.29, 0.717) is 25.9 Å². The van der Waals surface area contributed by atoms with Gasteiger partial charge in [-0.1, -0.05) is 80.9 Å². The van der Waals surface area contributed by atoms with Gasteiger partial charge in [-0.05, 0) is 30.4 Å². The first-order valence-electron chi connectivity index (χ1n) is 11.4. The molecular formula is C26H36N2O2S. The fraction of sp³-hybridized carbons (Fsp3) is 0.462. The maximum atomic E-state index is 13.1. The average molecular weight is 441 g/mol. The molecule has 0 saturated heterocycles. The minimum absolute atomic E-state index is 0.0331. The van der Waals surface area contributed by atoms with Gasteiger partial charge < -0.3 is 10.2 Å². The van der Waals surface area contributed by atoms with Crippen molar-refractivity contribution in [2.45, 2.75) is 57.7 Å². The van der Waals surface area contributed by atoms with Crippen molar-refractivity contribution in [2.24, 2.45) is 0 Å². The number of carbonyl (C=O) groups excluding carboxylic acids is 2. The van der Waals surface area contributed by atoms with E-state index in [4.69, 9.17) is 0 Å². The number of rotatable bonds is 14. The van der Waals surface area contributed by atoms with E-state index in [2.05, 4.69) is 36.5 Å². The zero-order valence-corrected chi connectivity index (χ0v) is 19.7. The van der Waals surface area contributed by atoms with Crippen LogP contribution in [-0.4, -0.2) is 41.6 Å². The Bertz CT molecular complexity index is 767. The Labute approximate surface area is 191 Å². The van der Waals surface area contributed by atoms with Gasteiger partial charge in [-0.25, -0.2) is 0 Å². The van der Waals surface area contributed by atoms with Crippen molar-refractivity contribution in [3.8, 4) is 0 Å². The van der Waals surface area contributed by atoms with Crippen LogP contribution in [0.2, 0.25) is 0 Å². The van der Waals surface area contributed by atoms with Crippen LogP contribution in [0.5, 0.6) is 0 Å². The number of benzene rings is 2. The number of nitrogens with zero attached hydrogens (tertiary/aromatic N) is 1. The monoisotopic (exact) mass is 440 g/mol. The first kappa shape index (κ1) is 25.0. The van der Waals surface area contributed by atoms with E-state index >= 15 is 0 Å². The molecule has 2 rings (SSSR count). The first-order chi connectivity index (χ1) is 15.2. The van der Waals surface area contributed by atoms with E-state index in [-0.39, 0.29) is 11.8 Å². The topological polar surface area (TPSA) is 49.4 Å². The average Bonchev–Trinajstić information content (AvgIpc) is 2.80. The molecule has 1 atom stereocenters. The van der Waals surface area contributed by atoms with Crippen LogP contribution in [0.4, 0.5) is 0 Å². The summed E-state index contributed by atoms with van der Waals surface area (Å²) in [6.07, 6.45) is 3.81. The summed E-state index contributed by atoms with van der Waals surface area (Å²) in [6.45, 7) is 5.31. The molecule has 2 aromatic rings. The molecule has 31 heavy (non-hydrogen) atoms. The molecule has 0 aliphatic carbocycles. The third-order valence-corrected chi connectivity index (χ3v) is 6.30. The van der Waals surface area contributed by atoms with Crippen molar-refractivity contribution in [3.05, 3.63) is 71.8 Å². The summed E-state index contributed by atoms with van der Waals surface area (Å²) in [7, 11) is 0. The Hall–Kier alpha value is -2.27. The molecule has 0 aliphatic heterocycles. The third-order valence-electron chi connectivity index (χ3n) is 5.27. The van der Waals surface area contributed by atoms with Crippen LogP contribution in [-0.2, 0) is 21.8 Å². The molecular weight excluding hydrogens is 404 g/mol. The predicted molar refractivity (Wildman–Crippen MR) is 131 cm³/mol. The summed E-state index contributed by atoms with van der Waals surface area (Å²) in [5.41, 5.74) is 2.45. The molecule has 1 N–H and O–H groups in total. The normalized spacial score (nSPS) is 11.7. The lowest BCUT2D eigenvalue weighted by Crippen LogP contribution is -2.50. The van der Waals surface area contributed by atoms with Crippen LogP contribution in [0.1, 0.15) is 50.7 Å². The van der Waals surface area contributed by atoms with E-state index in [1.165, 1.54) is 11.1 Å². The number of hydrogen-bond acceptors (Lipinski definition) is 3. The van der Waals surface area contributed by atoms with E-state index in [0.717, 1.165) is 30.8 Å². The maximum Gasteiger partial charge on any atom is 0.242 e. The van der Waals surface area contributed by atoms with Gasteiger partial charge in [-0.2, -0.15) is 11.8 Å². The molecule has 5 heteroatoms. The van der Waals surface area contributed by atoms with E-state index in [9.17, 15) is 9.59 Å². The molecule has 0 aliphatic rings. The molecule has 0 spiro atoms. The standard InChI is InChI=1S/C26H36N2O2S/c1-3-5-18-27-26(30)24(4-2)28(19-16-22-12-8-6-9-13-22)25(29)17-20-31-21-23-14-10-7-11-15-23/h6-15,24H,3-5,16-21H2,1-2H3,(H,27,30)/t24-/m1/s1. The van der Waals surface area contributed by atoms with Crippen LogP contribution >= 0.6 is 11.8 Å². The van der Waals surface area contributed by atoms with Crippen molar-refractivity contribution in [3.63, 3.8) is 0 Å². The number of carbonyl (C=O) groups is 2. The number of hydrogen-bond donors (Lipinski definition) is 1. The highest BCUT2D eigenvalue weighted by atomic mass is 32.2. The highest BCUT2D eigenvalue weighted by Gasteiger charge is 2.27. The summed E-state index contributed by atoms with van der Waals surface area (Å²) in [6, 6.07) is 20.0. The van der Waals surface area contributed by atoms with Crippen LogP contribution in [0, 0.1) is 0 Å². The van der Waals surface area contributed by atoms with Crippen LogP contribution < -0.4 is 5.32 Å². The molecule has 168 valence electrons.